The van der Waals surface area contributed by atoms with Crippen LogP contribution in [0.2, 0.25) is 0 Å². The van der Waals surface area contributed by atoms with Crippen molar-refractivity contribution in [1.29, 1.82) is 0 Å². The van der Waals surface area contributed by atoms with Crippen LogP contribution in [-0.2, 0) is 28.6 Å². The number of hydrogen-bond donors (Lipinski definition) is 0. The van der Waals surface area contributed by atoms with Gasteiger partial charge in [-0.2, -0.15) is 0 Å². The molecule has 74 heavy (non-hydrogen) atoms. The van der Waals surface area contributed by atoms with E-state index in [4.69, 9.17) is 14.2 Å². The zero-order valence-corrected chi connectivity index (χ0v) is 49.6. The van der Waals surface area contributed by atoms with Crippen molar-refractivity contribution < 1.29 is 28.6 Å². The van der Waals surface area contributed by atoms with Crippen LogP contribution < -0.4 is 0 Å². The first-order chi connectivity index (χ1) is 36.5. The normalized spacial score (nSPS) is 12.3. The maximum absolute atomic E-state index is 12.9. The van der Waals surface area contributed by atoms with Crippen molar-refractivity contribution in [2.75, 3.05) is 13.2 Å². The van der Waals surface area contributed by atoms with Crippen LogP contribution in [0.4, 0.5) is 0 Å². The summed E-state index contributed by atoms with van der Waals surface area (Å²) in [5.41, 5.74) is 0. The van der Waals surface area contributed by atoms with Gasteiger partial charge in [0.15, 0.2) is 6.10 Å². The second-order valence-electron chi connectivity index (χ2n) is 22.0. The molecule has 0 rings (SSSR count). The van der Waals surface area contributed by atoms with E-state index in [1.165, 1.54) is 231 Å². The molecule has 1 unspecified atom stereocenters. The van der Waals surface area contributed by atoms with E-state index in [0.717, 1.165) is 77.0 Å². The zero-order valence-electron chi connectivity index (χ0n) is 49.6. The minimum Gasteiger partial charge on any atom is -0.462 e. The SMILES string of the molecule is CCCCCC/C=C\C/C=C\CCCCCCCCCC(=O)OC(COC(=O)CCCCCCCCCCCCC)COC(=O)CCCCCCCCCCCCCCCCC/C=C\C/C=C\CCCCCCC. The molecule has 0 amide bonds. The second kappa shape index (κ2) is 62.9. The third-order valence-electron chi connectivity index (χ3n) is 14.6. The fraction of sp³-hybridized carbons (Fsp3) is 0.838. The molecule has 0 aromatic heterocycles. The number of esters is 3. The average molecular weight is 1040 g/mol. The summed E-state index contributed by atoms with van der Waals surface area (Å²) in [6.45, 7) is 6.65. The van der Waals surface area contributed by atoms with Crippen LogP contribution in [0.3, 0.4) is 0 Å². The molecule has 0 radical (unpaired) electrons. The summed E-state index contributed by atoms with van der Waals surface area (Å²) < 4.78 is 16.9. The topological polar surface area (TPSA) is 78.9 Å². The molecule has 6 heteroatoms. The van der Waals surface area contributed by atoms with Gasteiger partial charge in [0.25, 0.3) is 0 Å². The second-order valence-corrected chi connectivity index (χ2v) is 22.0. The highest BCUT2D eigenvalue weighted by atomic mass is 16.6. The number of allylic oxidation sites excluding steroid dienone is 8. The number of ether oxygens (including phenoxy) is 3. The number of carbonyl (C=O) groups excluding carboxylic acids is 3. The first-order valence-electron chi connectivity index (χ1n) is 32.6. The monoisotopic (exact) mass is 1040 g/mol. The average Bonchev–Trinajstić information content (AvgIpc) is 3.40. The van der Waals surface area contributed by atoms with E-state index >= 15 is 0 Å². The molecule has 0 bridgehead atoms. The van der Waals surface area contributed by atoms with Gasteiger partial charge in [0, 0.05) is 19.3 Å². The highest BCUT2D eigenvalue weighted by Gasteiger charge is 2.19. The lowest BCUT2D eigenvalue weighted by Gasteiger charge is -2.18. The van der Waals surface area contributed by atoms with Gasteiger partial charge in [0.05, 0.1) is 0 Å². The van der Waals surface area contributed by atoms with Gasteiger partial charge >= 0.3 is 17.9 Å². The first-order valence-corrected chi connectivity index (χ1v) is 32.6. The Labute approximate surface area is 460 Å². The van der Waals surface area contributed by atoms with Gasteiger partial charge in [-0.05, 0) is 83.5 Å². The van der Waals surface area contributed by atoms with Crippen LogP contribution >= 0.6 is 0 Å². The molecular weight excluding hydrogens is 913 g/mol. The summed E-state index contributed by atoms with van der Waals surface area (Å²) in [4.78, 5) is 38.2. The number of unbranched alkanes of at least 4 members (excludes halogenated alkanes) is 41. The van der Waals surface area contributed by atoms with E-state index in [-0.39, 0.29) is 31.1 Å². The summed E-state index contributed by atoms with van der Waals surface area (Å²) in [6, 6.07) is 0. The fourth-order valence-electron chi connectivity index (χ4n) is 9.62. The van der Waals surface area contributed by atoms with Gasteiger partial charge in [0.2, 0.25) is 0 Å². The number of hydrogen-bond acceptors (Lipinski definition) is 6. The van der Waals surface area contributed by atoms with Crippen molar-refractivity contribution in [3.05, 3.63) is 48.6 Å². The lowest BCUT2D eigenvalue weighted by atomic mass is 10.0. The minimum atomic E-state index is -0.775. The molecule has 0 N–H and O–H groups in total. The molecule has 0 saturated heterocycles. The van der Waals surface area contributed by atoms with E-state index in [0.29, 0.717) is 19.3 Å². The molecule has 0 aliphatic rings. The van der Waals surface area contributed by atoms with Crippen LogP contribution in [0.15, 0.2) is 48.6 Å². The van der Waals surface area contributed by atoms with Crippen LogP contribution in [0.5, 0.6) is 0 Å². The Morgan fingerprint density at radius 2 is 0.486 bits per heavy atom. The van der Waals surface area contributed by atoms with Gasteiger partial charge in [-0.3, -0.25) is 14.4 Å². The smallest absolute Gasteiger partial charge is 0.306 e. The molecule has 0 heterocycles. The molecule has 0 aliphatic carbocycles. The van der Waals surface area contributed by atoms with Crippen molar-refractivity contribution in [2.24, 2.45) is 0 Å². The Balaban J connectivity index is 4.20. The molecule has 6 nitrogen and oxygen atoms in total. The van der Waals surface area contributed by atoms with Crippen LogP contribution in [0.1, 0.15) is 348 Å². The van der Waals surface area contributed by atoms with Crippen LogP contribution in [-0.4, -0.2) is 37.2 Å². The molecule has 432 valence electrons. The largest absolute Gasteiger partial charge is 0.462 e. The van der Waals surface area contributed by atoms with Gasteiger partial charge < -0.3 is 14.2 Å². The zero-order chi connectivity index (χ0) is 53.6. The molecule has 1 atom stereocenters. The van der Waals surface area contributed by atoms with E-state index in [2.05, 4.69) is 69.4 Å². The Hall–Kier alpha value is -2.63. The van der Waals surface area contributed by atoms with Gasteiger partial charge in [-0.15, -0.1) is 0 Å². The van der Waals surface area contributed by atoms with Gasteiger partial charge in [0.1, 0.15) is 13.2 Å². The van der Waals surface area contributed by atoms with E-state index in [1.807, 2.05) is 0 Å². The Morgan fingerprint density at radius 3 is 0.757 bits per heavy atom. The highest BCUT2D eigenvalue weighted by Crippen LogP contribution is 2.17. The van der Waals surface area contributed by atoms with Crippen molar-refractivity contribution in [2.45, 2.75) is 354 Å². The van der Waals surface area contributed by atoms with Crippen LogP contribution in [0.25, 0.3) is 0 Å². The molecule has 0 aromatic carbocycles. The summed E-state index contributed by atoms with van der Waals surface area (Å²) in [5.74, 6) is -0.861. The number of rotatable bonds is 60. The maximum Gasteiger partial charge on any atom is 0.306 e. The fourth-order valence-corrected chi connectivity index (χ4v) is 9.62. The van der Waals surface area contributed by atoms with Crippen molar-refractivity contribution in [3.8, 4) is 0 Å². The Kier molecular flexibility index (Phi) is 60.7. The highest BCUT2D eigenvalue weighted by molar-refractivity contribution is 5.71. The molecule has 0 aromatic rings. The summed E-state index contributed by atoms with van der Waals surface area (Å²) >= 11 is 0. The third kappa shape index (κ3) is 60.2. The minimum absolute atomic E-state index is 0.0722. The van der Waals surface area contributed by atoms with Crippen LogP contribution in [0, 0.1) is 0 Å². The lowest BCUT2D eigenvalue weighted by Crippen LogP contribution is -2.30. The summed E-state index contributed by atoms with van der Waals surface area (Å²) in [5, 5.41) is 0. The standard InChI is InChI=1S/C68H124O6/c1-4-7-10-13-16-19-22-24-26-28-30-31-32-33-34-35-36-37-38-40-41-43-46-49-52-55-58-61-67(70)73-64-65(63-72-66(69)60-57-54-51-48-45-21-18-15-12-9-6-3)74-68(71)62-59-56-53-50-47-44-42-39-29-27-25-23-20-17-14-11-8-5-2/h20,22-24,27-30,65H,4-19,21,25-26,31-64H2,1-3H3/b23-20-,24-22-,29-27-,30-28-. The first kappa shape index (κ1) is 71.4. The maximum atomic E-state index is 12.9. The quantitative estimate of drug-likeness (QED) is 0.0261. The molecule has 0 fully saturated rings. The number of carbonyl (C=O) groups is 3. The van der Waals surface area contributed by atoms with Crippen molar-refractivity contribution in [3.63, 3.8) is 0 Å². The molecular formula is C68H124O6. The molecule has 0 aliphatic heterocycles. The van der Waals surface area contributed by atoms with E-state index < -0.39 is 6.10 Å². The van der Waals surface area contributed by atoms with Gasteiger partial charge in [-0.25, -0.2) is 0 Å². The predicted octanol–water partition coefficient (Wildman–Crippen LogP) is 22.2. The van der Waals surface area contributed by atoms with Crippen molar-refractivity contribution >= 4 is 17.9 Å². The molecule has 0 saturated carbocycles. The Morgan fingerprint density at radius 1 is 0.270 bits per heavy atom. The third-order valence-corrected chi connectivity index (χ3v) is 14.6. The summed E-state index contributed by atoms with van der Waals surface area (Å²) in [6.07, 6.45) is 78.4. The van der Waals surface area contributed by atoms with E-state index in [1.54, 1.807) is 0 Å². The van der Waals surface area contributed by atoms with Crippen molar-refractivity contribution in [1.82, 2.24) is 0 Å². The van der Waals surface area contributed by atoms with Gasteiger partial charge in [-0.1, -0.05) is 294 Å². The summed E-state index contributed by atoms with van der Waals surface area (Å²) in [7, 11) is 0. The predicted molar refractivity (Wildman–Crippen MR) is 321 cm³/mol. The van der Waals surface area contributed by atoms with E-state index in [9.17, 15) is 14.4 Å². The molecule has 0 spiro atoms. The Bertz CT molecular complexity index is 1280. The lowest BCUT2D eigenvalue weighted by molar-refractivity contribution is -0.167.